The number of aliphatic carboxylic acids is 1. The van der Waals surface area contributed by atoms with Gasteiger partial charge in [0.25, 0.3) is 0 Å². The largest absolute Gasteiger partial charge is 0.480 e. The predicted octanol–water partition coefficient (Wildman–Crippen LogP) is 1.97. The number of urea groups is 1. The summed E-state index contributed by atoms with van der Waals surface area (Å²) in [7, 11) is 0. The number of carbonyl (C=O) groups excluding carboxylic acids is 1. The van der Waals surface area contributed by atoms with Gasteiger partial charge < -0.3 is 15.7 Å². The van der Waals surface area contributed by atoms with Gasteiger partial charge in [0.15, 0.2) is 0 Å². The Bertz CT molecular complexity index is 254. The Morgan fingerprint density at radius 1 is 1.06 bits per heavy atom. The molecule has 0 heterocycles. The molecule has 5 heteroatoms. The lowest BCUT2D eigenvalue weighted by Gasteiger charge is -2.16. The van der Waals surface area contributed by atoms with Crippen molar-refractivity contribution in [2.75, 3.05) is 0 Å². The minimum absolute atomic E-state index is 0.0646. The van der Waals surface area contributed by atoms with Crippen molar-refractivity contribution in [3.05, 3.63) is 0 Å². The predicted molar refractivity (Wildman–Crippen MR) is 66.9 cm³/mol. The van der Waals surface area contributed by atoms with Crippen LogP contribution in [0.2, 0.25) is 0 Å². The van der Waals surface area contributed by atoms with E-state index in [1.165, 1.54) is 6.92 Å². The van der Waals surface area contributed by atoms with Gasteiger partial charge in [-0.25, -0.2) is 4.79 Å². The van der Waals surface area contributed by atoms with Gasteiger partial charge in [0, 0.05) is 6.04 Å². The minimum atomic E-state index is -1.03. The zero-order chi connectivity index (χ0) is 13.4. The lowest BCUT2D eigenvalue weighted by molar-refractivity contribution is -0.138. The van der Waals surface area contributed by atoms with Gasteiger partial charge in [0.1, 0.15) is 6.04 Å². The molecule has 2 amide bonds. The van der Waals surface area contributed by atoms with Crippen LogP contribution in [0, 0.1) is 5.92 Å². The molecule has 0 aliphatic rings. The van der Waals surface area contributed by atoms with Crippen LogP contribution in [0.25, 0.3) is 0 Å². The van der Waals surface area contributed by atoms with Gasteiger partial charge >= 0.3 is 12.0 Å². The summed E-state index contributed by atoms with van der Waals surface area (Å²) in [6, 6.07) is -1.22. The van der Waals surface area contributed by atoms with Gasteiger partial charge in [-0.05, 0) is 26.2 Å². The van der Waals surface area contributed by atoms with Gasteiger partial charge in [-0.15, -0.1) is 0 Å². The Balaban J connectivity index is 3.76. The molecule has 3 N–H and O–H groups in total. The highest BCUT2D eigenvalue weighted by Gasteiger charge is 2.14. The summed E-state index contributed by atoms with van der Waals surface area (Å²) in [6.07, 6.45) is 3.11. The first-order valence-electron chi connectivity index (χ1n) is 6.12. The highest BCUT2D eigenvalue weighted by atomic mass is 16.4. The maximum absolute atomic E-state index is 11.4. The van der Waals surface area contributed by atoms with E-state index in [1.807, 2.05) is 6.92 Å². The lowest BCUT2D eigenvalue weighted by Crippen LogP contribution is -2.47. The number of carboxylic acids is 1. The zero-order valence-electron chi connectivity index (χ0n) is 11.1. The fourth-order valence-electron chi connectivity index (χ4n) is 1.43. The topological polar surface area (TPSA) is 78.4 Å². The smallest absolute Gasteiger partial charge is 0.325 e. The molecule has 0 aliphatic heterocycles. The van der Waals surface area contributed by atoms with Crippen LogP contribution in [-0.2, 0) is 4.79 Å². The summed E-state index contributed by atoms with van der Waals surface area (Å²) >= 11 is 0. The number of hydrogen-bond acceptors (Lipinski definition) is 2. The number of amides is 2. The average Bonchev–Trinajstić information content (AvgIpc) is 2.16. The molecule has 0 spiro atoms. The Labute approximate surface area is 103 Å². The molecule has 0 aromatic carbocycles. The summed E-state index contributed by atoms with van der Waals surface area (Å²) in [6.45, 7) is 7.69. The van der Waals surface area contributed by atoms with Crippen molar-refractivity contribution < 1.29 is 14.7 Å². The fraction of sp³-hybridized carbons (Fsp3) is 0.833. The summed E-state index contributed by atoms with van der Waals surface area (Å²) in [5.74, 6) is -0.365. The van der Waals surface area contributed by atoms with E-state index in [9.17, 15) is 9.59 Å². The fourth-order valence-corrected chi connectivity index (χ4v) is 1.43. The molecule has 0 aromatic rings. The highest BCUT2D eigenvalue weighted by molar-refractivity contribution is 5.82. The van der Waals surface area contributed by atoms with Crippen LogP contribution in [-0.4, -0.2) is 29.2 Å². The van der Waals surface area contributed by atoms with E-state index < -0.39 is 18.0 Å². The van der Waals surface area contributed by atoms with E-state index in [0.717, 1.165) is 19.3 Å². The first kappa shape index (κ1) is 15.7. The molecule has 0 fully saturated rings. The van der Waals surface area contributed by atoms with Crippen LogP contribution >= 0.6 is 0 Å². The average molecular weight is 244 g/mol. The van der Waals surface area contributed by atoms with Gasteiger partial charge in [-0.1, -0.05) is 26.7 Å². The second-order valence-corrected chi connectivity index (χ2v) is 4.90. The first-order valence-corrected chi connectivity index (χ1v) is 6.12. The number of carboxylic acid groups (broad SMARTS) is 1. The van der Waals surface area contributed by atoms with Crippen LogP contribution < -0.4 is 10.6 Å². The molecular weight excluding hydrogens is 220 g/mol. The monoisotopic (exact) mass is 244 g/mol. The second-order valence-electron chi connectivity index (χ2n) is 4.90. The van der Waals surface area contributed by atoms with Crippen molar-refractivity contribution in [3.8, 4) is 0 Å². The molecule has 0 saturated carbocycles. The molecule has 0 aliphatic carbocycles. The Morgan fingerprint density at radius 2 is 1.65 bits per heavy atom. The van der Waals surface area contributed by atoms with Crippen LogP contribution in [0.1, 0.15) is 47.0 Å². The minimum Gasteiger partial charge on any atom is -0.480 e. The van der Waals surface area contributed by atoms with Crippen molar-refractivity contribution in [2.45, 2.75) is 59.0 Å². The summed E-state index contributed by atoms with van der Waals surface area (Å²) in [4.78, 5) is 21.9. The number of rotatable bonds is 7. The van der Waals surface area contributed by atoms with Crippen molar-refractivity contribution in [1.29, 1.82) is 0 Å². The molecule has 17 heavy (non-hydrogen) atoms. The van der Waals surface area contributed by atoms with Crippen molar-refractivity contribution in [2.24, 2.45) is 5.92 Å². The molecule has 0 bridgehead atoms. The highest BCUT2D eigenvalue weighted by Crippen LogP contribution is 2.07. The number of carbonyl (C=O) groups is 2. The summed E-state index contributed by atoms with van der Waals surface area (Å²) < 4.78 is 0. The third-order valence-electron chi connectivity index (χ3n) is 2.51. The molecule has 0 aromatic heterocycles. The van der Waals surface area contributed by atoms with Crippen LogP contribution in [0.4, 0.5) is 4.79 Å². The Morgan fingerprint density at radius 3 is 2.12 bits per heavy atom. The van der Waals surface area contributed by atoms with E-state index in [2.05, 4.69) is 24.5 Å². The van der Waals surface area contributed by atoms with Crippen molar-refractivity contribution in [3.63, 3.8) is 0 Å². The molecular formula is C12H24N2O3. The summed E-state index contributed by atoms with van der Waals surface area (Å²) in [5.41, 5.74) is 0. The zero-order valence-corrected chi connectivity index (χ0v) is 11.1. The quantitative estimate of drug-likeness (QED) is 0.640. The standard InChI is InChI=1S/C12H24N2O3/c1-8(2)6-5-7-9(3)13-12(17)14-10(4)11(15)16/h8-10H,5-7H2,1-4H3,(H,15,16)(H2,13,14,17)/t9?,10-/m1/s1. The van der Waals surface area contributed by atoms with E-state index >= 15 is 0 Å². The van der Waals surface area contributed by atoms with E-state index in [4.69, 9.17) is 5.11 Å². The number of nitrogens with one attached hydrogen (secondary N) is 2. The Hall–Kier alpha value is -1.26. The molecule has 0 saturated heterocycles. The normalized spacial score (nSPS) is 14.2. The molecule has 2 atom stereocenters. The molecule has 0 rings (SSSR count). The SMILES string of the molecule is CC(C)CCCC(C)NC(=O)N[C@H](C)C(=O)O. The van der Waals surface area contributed by atoms with Gasteiger partial charge in [0.2, 0.25) is 0 Å². The first-order chi connectivity index (χ1) is 7.82. The lowest BCUT2D eigenvalue weighted by atomic mass is 10.0. The van der Waals surface area contributed by atoms with Crippen molar-refractivity contribution in [1.82, 2.24) is 10.6 Å². The maximum atomic E-state index is 11.4. The third kappa shape index (κ3) is 8.54. The Kier molecular flexibility index (Phi) is 7.34. The molecule has 5 nitrogen and oxygen atoms in total. The van der Waals surface area contributed by atoms with E-state index in [0.29, 0.717) is 5.92 Å². The maximum Gasteiger partial charge on any atom is 0.325 e. The molecule has 100 valence electrons. The van der Waals surface area contributed by atoms with E-state index in [-0.39, 0.29) is 6.04 Å². The van der Waals surface area contributed by atoms with Crippen molar-refractivity contribution >= 4 is 12.0 Å². The summed E-state index contributed by atoms with van der Waals surface area (Å²) in [5, 5.41) is 13.7. The van der Waals surface area contributed by atoms with Crippen LogP contribution in [0.5, 0.6) is 0 Å². The van der Waals surface area contributed by atoms with Crippen LogP contribution in [0.3, 0.4) is 0 Å². The van der Waals surface area contributed by atoms with Gasteiger partial charge in [-0.3, -0.25) is 4.79 Å². The van der Waals surface area contributed by atoms with Crippen LogP contribution in [0.15, 0.2) is 0 Å². The van der Waals surface area contributed by atoms with E-state index in [1.54, 1.807) is 0 Å². The number of hydrogen-bond donors (Lipinski definition) is 3. The third-order valence-corrected chi connectivity index (χ3v) is 2.51. The van der Waals surface area contributed by atoms with Gasteiger partial charge in [0.05, 0.1) is 0 Å². The van der Waals surface area contributed by atoms with Gasteiger partial charge in [-0.2, -0.15) is 0 Å². The molecule has 0 radical (unpaired) electrons. The second kappa shape index (κ2) is 7.92. The molecule has 1 unspecified atom stereocenters.